The van der Waals surface area contributed by atoms with E-state index in [1.807, 2.05) is 24.3 Å². The molecule has 1 aromatic carbocycles. The molecule has 0 atom stereocenters. The molecule has 0 aliphatic carbocycles. The van der Waals surface area contributed by atoms with Gasteiger partial charge in [-0.1, -0.05) is 18.2 Å². The van der Waals surface area contributed by atoms with Crippen LogP contribution < -0.4 is 5.32 Å². The van der Waals surface area contributed by atoms with Gasteiger partial charge in [0.05, 0.1) is 17.4 Å². The van der Waals surface area contributed by atoms with Crippen molar-refractivity contribution in [2.45, 2.75) is 19.4 Å². The van der Waals surface area contributed by atoms with Crippen LogP contribution in [0.25, 0.3) is 10.9 Å². The van der Waals surface area contributed by atoms with Crippen LogP contribution in [-0.2, 0) is 4.79 Å². The summed E-state index contributed by atoms with van der Waals surface area (Å²) < 4.78 is 0. The number of rotatable bonds is 3. The molecule has 0 saturated heterocycles. The predicted molar refractivity (Wildman–Crippen MR) is 64.9 cm³/mol. The molecule has 1 aromatic heterocycles. The molecule has 5 heteroatoms. The van der Waals surface area contributed by atoms with Gasteiger partial charge < -0.3 is 10.4 Å². The fraction of sp³-hybridized carbons (Fsp3) is 0.250. The largest absolute Gasteiger partial charge is 0.480 e. The average molecular weight is 231 g/mol. The summed E-state index contributed by atoms with van der Waals surface area (Å²) >= 11 is 0. The van der Waals surface area contributed by atoms with Crippen molar-refractivity contribution >= 4 is 22.6 Å². The second-order valence-corrected chi connectivity index (χ2v) is 4.33. The van der Waals surface area contributed by atoms with Crippen LogP contribution in [0.4, 0.5) is 5.69 Å². The number of hydrogen-bond acceptors (Lipinski definition) is 4. The van der Waals surface area contributed by atoms with E-state index in [4.69, 9.17) is 5.11 Å². The Bertz CT molecular complexity index is 561. The van der Waals surface area contributed by atoms with Crippen molar-refractivity contribution in [2.75, 3.05) is 5.32 Å². The standard InChI is InChI=1S/C12H13N3O2/c1-12(2,11(16)17)14-10-7-13-15-9-6-4-3-5-8(9)10/h3-7H,1-2H3,(H,14,15)(H,16,17). The van der Waals surface area contributed by atoms with Crippen molar-refractivity contribution in [3.63, 3.8) is 0 Å². The maximum Gasteiger partial charge on any atom is 0.328 e. The number of aliphatic carboxylic acids is 1. The van der Waals surface area contributed by atoms with E-state index in [1.54, 1.807) is 13.8 Å². The Balaban J connectivity index is 2.46. The molecule has 17 heavy (non-hydrogen) atoms. The average Bonchev–Trinajstić information content (AvgIpc) is 2.29. The van der Waals surface area contributed by atoms with Gasteiger partial charge in [0.2, 0.25) is 0 Å². The summed E-state index contributed by atoms with van der Waals surface area (Å²) in [7, 11) is 0. The number of hydrogen-bond donors (Lipinski definition) is 2. The Morgan fingerprint density at radius 2 is 2.06 bits per heavy atom. The number of anilines is 1. The maximum absolute atomic E-state index is 11.1. The van der Waals surface area contributed by atoms with E-state index >= 15 is 0 Å². The van der Waals surface area contributed by atoms with Gasteiger partial charge >= 0.3 is 5.97 Å². The molecule has 2 N–H and O–H groups in total. The van der Waals surface area contributed by atoms with Crippen LogP contribution in [0.2, 0.25) is 0 Å². The van der Waals surface area contributed by atoms with Gasteiger partial charge in [0.25, 0.3) is 0 Å². The van der Waals surface area contributed by atoms with E-state index in [0.717, 1.165) is 10.9 Å². The first kappa shape index (κ1) is 11.3. The molecule has 0 amide bonds. The van der Waals surface area contributed by atoms with Crippen LogP contribution in [0.5, 0.6) is 0 Å². The molecular formula is C12H13N3O2. The van der Waals surface area contributed by atoms with E-state index in [0.29, 0.717) is 5.69 Å². The fourth-order valence-electron chi connectivity index (χ4n) is 1.50. The van der Waals surface area contributed by atoms with Crippen molar-refractivity contribution < 1.29 is 9.90 Å². The van der Waals surface area contributed by atoms with Gasteiger partial charge in [-0.3, -0.25) is 0 Å². The first-order chi connectivity index (χ1) is 8.00. The van der Waals surface area contributed by atoms with E-state index in [1.165, 1.54) is 6.20 Å². The summed E-state index contributed by atoms with van der Waals surface area (Å²) in [4.78, 5) is 11.1. The third-order valence-corrected chi connectivity index (χ3v) is 2.53. The third-order valence-electron chi connectivity index (χ3n) is 2.53. The molecule has 2 rings (SSSR count). The van der Waals surface area contributed by atoms with Crippen LogP contribution in [-0.4, -0.2) is 26.8 Å². The lowest BCUT2D eigenvalue weighted by Gasteiger charge is -2.22. The number of carboxylic acids is 1. The Hall–Kier alpha value is -2.17. The number of aromatic nitrogens is 2. The molecule has 88 valence electrons. The zero-order valence-electron chi connectivity index (χ0n) is 9.64. The molecule has 0 aliphatic heterocycles. The molecule has 2 aromatic rings. The highest BCUT2D eigenvalue weighted by Gasteiger charge is 2.27. The summed E-state index contributed by atoms with van der Waals surface area (Å²) in [6.07, 6.45) is 1.53. The Morgan fingerprint density at radius 1 is 1.35 bits per heavy atom. The topological polar surface area (TPSA) is 75.1 Å². The van der Waals surface area contributed by atoms with E-state index < -0.39 is 11.5 Å². The number of benzene rings is 1. The zero-order valence-corrected chi connectivity index (χ0v) is 9.64. The molecular weight excluding hydrogens is 218 g/mol. The summed E-state index contributed by atoms with van der Waals surface area (Å²) in [5.74, 6) is -0.918. The number of fused-ring (bicyclic) bond motifs is 1. The number of nitrogens with zero attached hydrogens (tertiary/aromatic N) is 2. The van der Waals surface area contributed by atoms with Gasteiger partial charge in [-0.25, -0.2) is 4.79 Å². The summed E-state index contributed by atoms with van der Waals surface area (Å²) in [6.45, 7) is 3.20. The quantitative estimate of drug-likeness (QED) is 0.843. The lowest BCUT2D eigenvalue weighted by atomic mass is 10.1. The van der Waals surface area contributed by atoms with E-state index in [2.05, 4.69) is 15.5 Å². The maximum atomic E-state index is 11.1. The monoisotopic (exact) mass is 231 g/mol. The molecule has 5 nitrogen and oxygen atoms in total. The highest BCUT2D eigenvalue weighted by Crippen LogP contribution is 2.23. The summed E-state index contributed by atoms with van der Waals surface area (Å²) in [6, 6.07) is 7.46. The highest BCUT2D eigenvalue weighted by molar-refractivity contribution is 5.93. The van der Waals surface area contributed by atoms with Gasteiger partial charge in [0.15, 0.2) is 0 Å². The van der Waals surface area contributed by atoms with E-state index in [-0.39, 0.29) is 0 Å². The van der Waals surface area contributed by atoms with Gasteiger partial charge in [-0.15, -0.1) is 0 Å². The summed E-state index contributed by atoms with van der Waals surface area (Å²) in [5, 5.41) is 20.7. The second-order valence-electron chi connectivity index (χ2n) is 4.33. The SMILES string of the molecule is CC(C)(Nc1cnnc2ccccc12)C(=O)O. The van der Waals surface area contributed by atoms with Gasteiger partial charge in [0.1, 0.15) is 5.54 Å². The number of carboxylic acid groups (broad SMARTS) is 1. The molecule has 0 aliphatic rings. The van der Waals surface area contributed by atoms with Gasteiger partial charge in [0, 0.05) is 5.39 Å². The van der Waals surface area contributed by atoms with Crippen LogP contribution in [0.1, 0.15) is 13.8 Å². The number of nitrogens with one attached hydrogen (secondary N) is 1. The molecule has 0 unspecified atom stereocenters. The minimum atomic E-state index is -1.05. The van der Waals surface area contributed by atoms with Crippen LogP contribution in [0, 0.1) is 0 Å². The van der Waals surface area contributed by atoms with Crippen molar-refractivity contribution in [1.29, 1.82) is 0 Å². The molecule has 0 radical (unpaired) electrons. The van der Waals surface area contributed by atoms with Crippen molar-refractivity contribution in [3.05, 3.63) is 30.5 Å². The lowest BCUT2D eigenvalue weighted by Crippen LogP contribution is -2.40. The Labute approximate surface area is 98.5 Å². The van der Waals surface area contributed by atoms with Crippen LogP contribution >= 0.6 is 0 Å². The molecule has 0 saturated carbocycles. The van der Waals surface area contributed by atoms with Gasteiger partial charge in [-0.2, -0.15) is 10.2 Å². The first-order valence-corrected chi connectivity index (χ1v) is 5.23. The molecule has 0 spiro atoms. The first-order valence-electron chi connectivity index (χ1n) is 5.23. The second kappa shape index (κ2) is 4.01. The van der Waals surface area contributed by atoms with Crippen molar-refractivity contribution in [3.8, 4) is 0 Å². The molecule has 0 bridgehead atoms. The van der Waals surface area contributed by atoms with E-state index in [9.17, 15) is 4.79 Å². The Kier molecular flexibility index (Phi) is 2.67. The van der Waals surface area contributed by atoms with Gasteiger partial charge in [-0.05, 0) is 19.9 Å². The third kappa shape index (κ3) is 2.18. The fourth-order valence-corrected chi connectivity index (χ4v) is 1.50. The predicted octanol–water partition coefficient (Wildman–Crippen LogP) is 1.90. The Morgan fingerprint density at radius 3 is 2.76 bits per heavy atom. The molecule has 0 fully saturated rings. The zero-order chi connectivity index (χ0) is 12.5. The van der Waals surface area contributed by atoms with Crippen LogP contribution in [0.15, 0.2) is 30.5 Å². The number of carbonyl (C=O) groups is 1. The summed E-state index contributed by atoms with van der Waals surface area (Å²) in [5.41, 5.74) is 0.355. The lowest BCUT2D eigenvalue weighted by molar-refractivity contribution is -0.141. The minimum absolute atomic E-state index is 0.669. The normalized spacial score (nSPS) is 11.4. The minimum Gasteiger partial charge on any atom is -0.480 e. The van der Waals surface area contributed by atoms with Crippen molar-refractivity contribution in [2.24, 2.45) is 0 Å². The van der Waals surface area contributed by atoms with Crippen LogP contribution in [0.3, 0.4) is 0 Å². The van der Waals surface area contributed by atoms with Crippen molar-refractivity contribution in [1.82, 2.24) is 10.2 Å². The molecule has 1 heterocycles. The smallest absolute Gasteiger partial charge is 0.328 e. The highest BCUT2D eigenvalue weighted by atomic mass is 16.4.